The van der Waals surface area contributed by atoms with Gasteiger partial charge < -0.3 is 0 Å². The Morgan fingerprint density at radius 2 is 1.53 bits per heavy atom. The number of carbonyl (C=O) groups is 1. The van der Waals surface area contributed by atoms with Crippen molar-refractivity contribution in [2.75, 3.05) is 0 Å². The number of hydrogen-bond donors (Lipinski definition) is 2. The zero-order chi connectivity index (χ0) is 22.3. The number of azo groups is 1. The summed E-state index contributed by atoms with van der Waals surface area (Å²) in [6.07, 6.45) is -0.744. The number of Topliss-reactive ketones (excluding diaryl/α,β-unsaturated/α-hetero) is 1. The SMILES string of the molecule is O=C1CC(S(=O)(=O)O)=C(N=Nc2ccc([N+](=O)[O-])cc2)c2cc(S(=O)(=O)O)ccc21. The largest absolute Gasteiger partial charge is 0.294 e. The first kappa shape index (κ1) is 21.4. The zero-order valence-corrected chi connectivity index (χ0v) is 16.3. The van der Waals surface area contributed by atoms with Crippen LogP contribution in [0.4, 0.5) is 11.4 Å². The Hall–Kier alpha value is -3.33. The van der Waals surface area contributed by atoms with Crippen LogP contribution in [0.3, 0.4) is 0 Å². The van der Waals surface area contributed by atoms with Crippen LogP contribution in [0.1, 0.15) is 22.3 Å². The minimum atomic E-state index is -4.92. The molecular weight excluding hydrogens is 442 g/mol. The number of ketones is 1. The van der Waals surface area contributed by atoms with E-state index in [-0.39, 0.29) is 22.5 Å². The highest BCUT2D eigenvalue weighted by Crippen LogP contribution is 2.37. The fourth-order valence-electron chi connectivity index (χ4n) is 2.67. The fraction of sp³-hybridized carbons (Fsp3) is 0.0625. The Morgan fingerprint density at radius 3 is 2.07 bits per heavy atom. The molecule has 0 radical (unpaired) electrons. The normalized spacial score (nSPS) is 14.8. The summed E-state index contributed by atoms with van der Waals surface area (Å²) in [5.74, 6) is -0.728. The number of hydrogen-bond acceptors (Lipinski definition) is 9. The maximum absolute atomic E-state index is 12.3. The van der Waals surface area contributed by atoms with Crippen molar-refractivity contribution in [3.63, 3.8) is 0 Å². The average molecular weight is 453 g/mol. The second-order valence-electron chi connectivity index (χ2n) is 6.00. The first-order chi connectivity index (χ1) is 13.9. The van der Waals surface area contributed by atoms with Crippen LogP contribution in [0, 0.1) is 10.1 Å². The molecule has 0 saturated carbocycles. The number of non-ortho nitro benzene ring substituents is 1. The summed E-state index contributed by atoms with van der Waals surface area (Å²) in [6, 6.07) is 7.55. The summed E-state index contributed by atoms with van der Waals surface area (Å²) >= 11 is 0. The summed E-state index contributed by atoms with van der Waals surface area (Å²) in [7, 11) is -9.61. The van der Waals surface area contributed by atoms with Crippen LogP contribution in [-0.2, 0) is 20.2 Å². The lowest BCUT2D eigenvalue weighted by atomic mass is 9.94. The number of nitro groups is 1. The van der Waals surface area contributed by atoms with Crippen LogP contribution in [0.2, 0.25) is 0 Å². The fourth-order valence-corrected chi connectivity index (χ4v) is 3.89. The maximum Gasteiger partial charge on any atom is 0.294 e. The molecule has 0 aliphatic heterocycles. The molecule has 2 aromatic carbocycles. The third-order valence-corrected chi connectivity index (χ3v) is 5.88. The second-order valence-corrected chi connectivity index (χ2v) is 8.87. The molecule has 0 aromatic heterocycles. The monoisotopic (exact) mass is 453 g/mol. The molecule has 0 fully saturated rings. The highest BCUT2D eigenvalue weighted by atomic mass is 32.2. The number of fused-ring (bicyclic) bond motifs is 1. The van der Waals surface area contributed by atoms with Crippen LogP contribution < -0.4 is 0 Å². The van der Waals surface area contributed by atoms with Gasteiger partial charge in [0.2, 0.25) is 0 Å². The summed E-state index contributed by atoms with van der Waals surface area (Å²) in [5.41, 5.74) is -1.02. The van der Waals surface area contributed by atoms with E-state index >= 15 is 0 Å². The van der Waals surface area contributed by atoms with Gasteiger partial charge in [0.25, 0.3) is 25.9 Å². The lowest BCUT2D eigenvalue weighted by Gasteiger charge is -2.18. The van der Waals surface area contributed by atoms with Crippen molar-refractivity contribution in [1.82, 2.24) is 0 Å². The molecule has 0 saturated heterocycles. The molecule has 2 N–H and O–H groups in total. The van der Waals surface area contributed by atoms with E-state index in [4.69, 9.17) is 0 Å². The van der Waals surface area contributed by atoms with Crippen molar-refractivity contribution >= 4 is 43.1 Å². The van der Waals surface area contributed by atoms with Crippen LogP contribution in [0.25, 0.3) is 5.70 Å². The molecule has 14 heteroatoms. The lowest BCUT2D eigenvalue weighted by molar-refractivity contribution is -0.384. The molecule has 30 heavy (non-hydrogen) atoms. The van der Waals surface area contributed by atoms with E-state index in [1.54, 1.807) is 0 Å². The minimum absolute atomic E-state index is 0.0761. The van der Waals surface area contributed by atoms with Gasteiger partial charge in [-0.15, -0.1) is 5.11 Å². The topological polar surface area (TPSA) is 194 Å². The van der Waals surface area contributed by atoms with Crippen molar-refractivity contribution in [3.8, 4) is 0 Å². The number of benzene rings is 2. The molecule has 1 aliphatic rings. The molecule has 156 valence electrons. The lowest BCUT2D eigenvalue weighted by Crippen LogP contribution is -2.17. The van der Waals surface area contributed by atoms with E-state index in [0.29, 0.717) is 0 Å². The molecule has 1 aliphatic carbocycles. The van der Waals surface area contributed by atoms with Gasteiger partial charge in [-0.2, -0.15) is 21.9 Å². The highest BCUT2D eigenvalue weighted by Gasteiger charge is 2.33. The molecule has 0 spiro atoms. The van der Waals surface area contributed by atoms with Crippen LogP contribution in [0.5, 0.6) is 0 Å². The smallest absolute Gasteiger partial charge is 0.294 e. The van der Waals surface area contributed by atoms with Gasteiger partial charge in [-0.1, -0.05) is 0 Å². The number of nitro benzene ring substituents is 1. The van der Waals surface area contributed by atoms with Crippen molar-refractivity contribution in [2.45, 2.75) is 11.3 Å². The molecule has 2 aromatic rings. The van der Waals surface area contributed by atoms with Gasteiger partial charge in [0.1, 0.15) is 10.6 Å². The summed E-state index contributed by atoms with van der Waals surface area (Å²) in [5, 5.41) is 18.2. The Labute approximate surface area is 169 Å². The molecule has 0 heterocycles. The molecule has 3 rings (SSSR count). The number of carbonyl (C=O) groups excluding carboxylic acids is 1. The van der Waals surface area contributed by atoms with Crippen molar-refractivity contribution < 1.29 is 35.7 Å². The predicted molar refractivity (Wildman–Crippen MR) is 101 cm³/mol. The van der Waals surface area contributed by atoms with Gasteiger partial charge >= 0.3 is 0 Å². The van der Waals surface area contributed by atoms with Crippen LogP contribution in [0.15, 0.2) is 62.5 Å². The van der Waals surface area contributed by atoms with Gasteiger partial charge in [-0.3, -0.25) is 24.0 Å². The Bertz CT molecular complexity index is 1340. The first-order valence-corrected chi connectivity index (χ1v) is 10.8. The molecule has 0 atom stereocenters. The van der Waals surface area contributed by atoms with Gasteiger partial charge in [0, 0.05) is 23.3 Å². The minimum Gasteiger partial charge on any atom is -0.294 e. The van der Waals surface area contributed by atoms with E-state index < -0.39 is 52.9 Å². The molecule has 0 amide bonds. The second kappa shape index (κ2) is 7.49. The highest BCUT2D eigenvalue weighted by molar-refractivity contribution is 7.90. The van der Waals surface area contributed by atoms with E-state index in [9.17, 15) is 40.8 Å². The standard InChI is InChI=1S/C16H11N3O9S2/c20-14-8-15(30(26,27)28)16(13-7-11(29(23,24)25)5-6-12(13)14)18-17-9-1-3-10(4-2-9)19(21)22/h1-7H,8H2,(H,23,24,25)(H,26,27,28). The number of rotatable bonds is 5. The maximum atomic E-state index is 12.3. The third kappa shape index (κ3) is 4.30. The third-order valence-electron chi connectivity index (χ3n) is 4.07. The van der Waals surface area contributed by atoms with Crippen molar-refractivity contribution in [1.29, 1.82) is 0 Å². The van der Waals surface area contributed by atoms with Crippen LogP contribution in [-0.4, -0.2) is 36.6 Å². The van der Waals surface area contributed by atoms with E-state index in [2.05, 4.69) is 10.2 Å². The average Bonchev–Trinajstić information content (AvgIpc) is 2.65. The zero-order valence-electron chi connectivity index (χ0n) is 14.7. The Balaban J connectivity index is 2.20. The number of allylic oxidation sites excluding steroid dienone is 1. The van der Waals surface area contributed by atoms with E-state index in [0.717, 1.165) is 30.3 Å². The summed E-state index contributed by atoms with van der Waals surface area (Å²) in [4.78, 5) is 20.9. The van der Waals surface area contributed by atoms with Gasteiger partial charge in [-0.25, -0.2) is 0 Å². The molecule has 12 nitrogen and oxygen atoms in total. The van der Waals surface area contributed by atoms with Gasteiger partial charge in [0.15, 0.2) is 5.78 Å². The Kier molecular flexibility index (Phi) is 5.34. The van der Waals surface area contributed by atoms with E-state index in [1.165, 1.54) is 12.1 Å². The molecule has 0 unspecified atom stereocenters. The van der Waals surface area contributed by atoms with Crippen LogP contribution >= 0.6 is 0 Å². The molecule has 0 bridgehead atoms. The summed E-state index contributed by atoms with van der Waals surface area (Å²) < 4.78 is 65.1. The molecular formula is C16H11N3O9S2. The van der Waals surface area contributed by atoms with Crippen molar-refractivity contribution in [2.24, 2.45) is 10.2 Å². The Morgan fingerprint density at radius 1 is 0.900 bits per heavy atom. The van der Waals surface area contributed by atoms with Crippen molar-refractivity contribution in [3.05, 3.63) is 68.6 Å². The quantitative estimate of drug-likeness (QED) is 0.296. The van der Waals surface area contributed by atoms with Gasteiger partial charge in [-0.05, 0) is 30.3 Å². The van der Waals surface area contributed by atoms with E-state index in [1.807, 2.05) is 0 Å². The first-order valence-electron chi connectivity index (χ1n) is 7.90. The number of nitrogens with zero attached hydrogens (tertiary/aromatic N) is 3. The predicted octanol–water partition coefficient (Wildman–Crippen LogP) is 2.77. The van der Waals surface area contributed by atoms with Gasteiger partial charge in [0.05, 0.1) is 21.9 Å². The summed E-state index contributed by atoms with van der Waals surface area (Å²) in [6.45, 7) is 0.